The fourth-order valence-corrected chi connectivity index (χ4v) is 4.21. The van der Waals surface area contributed by atoms with Crippen LogP contribution in [0.1, 0.15) is 55.5 Å². The maximum atomic E-state index is 12.0. The standard InChI is InChI=1S/C21H28N2OS/c1-16-23-20(15-25-16)19-10-7-18(8-11-19)13-14-22-21(24)12-9-17-5-3-2-4-6-17/h7-8,10-11,15,17H,2-6,9,12-14H2,1H3,(H,22,24). The SMILES string of the molecule is Cc1nc(-c2ccc(CCNC(=O)CCC3CCCCC3)cc2)cs1. The van der Waals surface area contributed by atoms with Gasteiger partial charge in [0.25, 0.3) is 0 Å². The Morgan fingerprint density at radius 3 is 2.64 bits per heavy atom. The van der Waals surface area contributed by atoms with E-state index in [2.05, 4.69) is 39.9 Å². The molecule has 0 aliphatic heterocycles. The van der Waals surface area contributed by atoms with Crippen LogP contribution in [0.15, 0.2) is 29.6 Å². The molecule has 0 saturated heterocycles. The molecule has 1 amide bonds. The Hall–Kier alpha value is -1.68. The van der Waals surface area contributed by atoms with Crippen LogP contribution in [-0.4, -0.2) is 17.4 Å². The summed E-state index contributed by atoms with van der Waals surface area (Å²) < 4.78 is 0. The van der Waals surface area contributed by atoms with E-state index in [0.29, 0.717) is 6.42 Å². The minimum atomic E-state index is 0.208. The average molecular weight is 357 g/mol. The van der Waals surface area contributed by atoms with E-state index < -0.39 is 0 Å². The van der Waals surface area contributed by atoms with Gasteiger partial charge >= 0.3 is 0 Å². The minimum Gasteiger partial charge on any atom is -0.356 e. The predicted octanol–water partition coefficient (Wildman–Crippen LogP) is 5.14. The lowest BCUT2D eigenvalue weighted by Gasteiger charge is -2.20. The van der Waals surface area contributed by atoms with Gasteiger partial charge in [-0.2, -0.15) is 0 Å². The Labute approximate surface area is 154 Å². The number of aromatic nitrogens is 1. The van der Waals surface area contributed by atoms with Crippen molar-refractivity contribution in [3.05, 3.63) is 40.2 Å². The molecule has 25 heavy (non-hydrogen) atoms. The lowest BCUT2D eigenvalue weighted by Crippen LogP contribution is -2.26. The third-order valence-corrected chi connectivity index (χ3v) is 5.88. The molecular weight excluding hydrogens is 328 g/mol. The van der Waals surface area contributed by atoms with E-state index in [0.717, 1.165) is 41.6 Å². The fraction of sp³-hybridized carbons (Fsp3) is 0.524. The van der Waals surface area contributed by atoms with Crippen molar-refractivity contribution in [2.45, 2.75) is 58.3 Å². The van der Waals surface area contributed by atoms with Crippen LogP contribution in [0.5, 0.6) is 0 Å². The number of hydrogen-bond acceptors (Lipinski definition) is 3. The first kappa shape index (κ1) is 18.1. The lowest BCUT2D eigenvalue weighted by molar-refractivity contribution is -0.121. The molecule has 1 N–H and O–H groups in total. The average Bonchev–Trinajstić information content (AvgIpc) is 3.08. The van der Waals surface area contributed by atoms with Crippen molar-refractivity contribution in [1.82, 2.24) is 10.3 Å². The van der Waals surface area contributed by atoms with Crippen LogP contribution >= 0.6 is 11.3 Å². The molecule has 1 saturated carbocycles. The minimum absolute atomic E-state index is 0.208. The number of thiazole rings is 1. The van der Waals surface area contributed by atoms with Gasteiger partial charge in [0, 0.05) is 23.9 Å². The molecule has 134 valence electrons. The highest BCUT2D eigenvalue weighted by molar-refractivity contribution is 7.09. The van der Waals surface area contributed by atoms with Crippen LogP contribution in [0.2, 0.25) is 0 Å². The van der Waals surface area contributed by atoms with Crippen molar-refractivity contribution in [3.8, 4) is 11.3 Å². The van der Waals surface area contributed by atoms with Crippen molar-refractivity contribution in [3.63, 3.8) is 0 Å². The summed E-state index contributed by atoms with van der Waals surface area (Å²) >= 11 is 1.68. The number of nitrogens with one attached hydrogen (secondary N) is 1. The van der Waals surface area contributed by atoms with E-state index in [9.17, 15) is 4.79 Å². The molecule has 1 fully saturated rings. The Kier molecular flexibility index (Phi) is 6.62. The molecule has 0 radical (unpaired) electrons. The zero-order valence-corrected chi connectivity index (χ0v) is 15.9. The summed E-state index contributed by atoms with van der Waals surface area (Å²) in [5.74, 6) is 0.988. The molecule has 4 heteroatoms. The van der Waals surface area contributed by atoms with Crippen molar-refractivity contribution < 1.29 is 4.79 Å². The molecule has 3 nitrogen and oxygen atoms in total. The Bertz CT molecular complexity index is 671. The summed E-state index contributed by atoms with van der Waals surface area (Å²) in [6, 6.07) is 8.51. The van der Waals surface area contributed by atoms with Gasteiger partial charge in [-0.3, -0.25) is 4.79 Å². The zero-order valence-electron chi connectivity index (χ0n) is 15.1. The van der Waals surface area contributed by atoms with Gasteiger partial charge in [-0.15, -0.1) is 11.3 Å². The molecule has 1 heterocycles. The van der Waals surface area contributed by atoms with Gasteiger partial charge in [0.2, 0.25) is 5.91 Å². The number of aryl methyl sites for hydroxylation is 1. The number of carbonyl (C=O) groups excluding carboxylic acids is 1. The first-order valence-corrected chi connectivity index (χ1v) is 10.4. The van der Waals surface area contributed by atoms with Gasteiger partial charge in [-0.05, 0) is 31.2 Å². The van der Waals surface area contributed by atoms with E-state index in [1.54, 1.807) is 11.3 Å². The Balaban J connectivity index is 1.37. The van der Waals surface area contributed by atoms with E-state index in [1.807, 2.05) is 6.92 Å². The lowest BCUT2D eigenvalue weighted by atomic mass is 9.86. The number of hydrogen-bond donors (Lipinski definition) is 1. The second kappa shape index (κ2) is 9.14. The molecule has 0 bridgehead atoms. The van der Waals surface area contributed by atoms with Crippen molar-refractivity contribution in [2.75, 3.05) is 6.54 Å². The number of benzene rings is 1. The Morgan fingerprint density at radius 1 is 1.20 bits per heavy atom. The smallest absolute Gasteiger partial charge is 0.220 e. The number of amides is 1. The van der Waals surface area contributed by atoms with Crippen molar-refractivity contribution in [1.29, 1.82) is 0 Å². The normalized spacial score (nSPS) is 15.2. The van der Waals surface area contributed by atoms with Crippen molar-refractivity contribution >= 4 is 17.2 Å². The second-order valence-corrected chi connectivity index (χ2v) is 8.15. The maximum absolute atomic E-state index is 12.0. The summed E-state index contributed by atoms with van der Waals surface area (Å²) in [6.07, 6.45) is 9.34. The van der Waals surface area contributed by atoms with Gasteiger partial charge in [0.15, 0.2) is 0 Å². The van der Waals surface area contributed by atoms with E-state index in [-0.39, 0.29) is 5.91 Å². The summed E-state index contributed by atoms with van der Waals surface area (Å²) in [7, 11) is 0. The third-order valence-electron chi connectivity index (χ3n) is 5.11. The molecule has 3 rings (SSSR count). The fourth-order valence-electron chi connectivity index (χ4n) is 3.58. The van der Waals surface area contributed by atoms with Crippen LogP contribution in [0, 0.1) is 12.8 Å². The van der Waals surface area contributed by atoms with Crippen LogP contribution < -0.4 is 5.32 Å². The number of carbonyl (C=O) groups is 1. The first-order valence-electron chi connectivity index (χ1n) is 9.49. The molecule has 0 spiro atoms. The van der Waals surface area contributed by atoms with E-state index in [4.69, 9.17) is 0 Å². The van der Waals surface area contributed by atoms with Gasteiger partial charge < -0.3 is 5.32 Å². The monoisotopic (exact) mass is 356 g/mol. The third kappa shape index (κ3) is 5.67. The molecule has 1 aromatic heterocycles. The van der Waals surface area contributed by atoms with Gasteiger partial charge in [-0.25, -0.2) is 4.98 Å². The molecule has 1 aliphatic carbocycles. The van der Waals surface area contributed by atoms with Gasteiger partial charge in [0.1, 0.15) is 0 Å². The summed E-state index contributed by atoms with van der Waals surface area (Å²) in [6.45, 7) is 2.75. The summed E-state index contributed by atoms with van der Waals surface area (Å²) in [4.78, 5) is 16.5. The molecule has 1 aliphatic rings. The second-order valence-electron chi connectivity index (χ2n) is 7.09. The first-order chi connectivity index (χ1) is 12.2. The predicted molar refractivity (Wildman–Crippen MR) is 105 cm³/mol. The topological polar surface area (TPSA) is 42.0 Å². The maximum Gasteiger partial charge on any atom is 0.220 e. The van der Waals surface area contributed by atoms with Crippen LogP contribution in [0.25, 0.3) is 11.3 Å². The molecule has 0 atom stereocenters. The largest absolute Gasteiger partial charge is 0.356 e. The highest BCUT2D eigenvalue weighted by Gasteiger charge is 2.14. The van der Waals surface area contributed by atoms with Crippen LogP contribution in [0.4, 0.5) is 0 Å². The highest BCUT2D eigenvalue weighted by atomic mass is 32.1. The molecule has 1 aromatic carbocycles. The van der Waals surface area contributed by atoms with Crippen LogP contribution in [-0.2, 0) is 11.2 Å². The van der Waals surface area contributed by atoms with Crippen LogP contribution in [0.3, 0.4) is 0 Å². The quantitative estimate of drug-likeness (QED) is 0.746. The van der Waals surface area contributed by atoms with Gasteiger partial charge in [0.05, 0.1) is 10.7 Å². The molecular formula is C21H28N2OS. The molecule has 2 aromatic rings. The van der Waals surface area contributed by atoms with E-state index in [1.165, 1.54) is 37.7 Å². The summed E-state index contributed by atoms with van der Waals surface area (Å²) in [5, 5.41) is 6.26. The Morgan fingerprint density at radius 2 is 1.96 bits per heavy atom. The number of rotatable bonds is 7. The van der Waals surface area contributed by atoms with Gasteiger partial charge in [-0.1, -0.05) is 56.4 Å². The number of nitrogens with zero attached hydrogens (tertiary/aromatic N) is 1. The summed E-state index contributed by atoms with van der Waals surface area (Å²) in [5.41, 5.74) is 3.46. The highest BCUT2D eigenvalue weighted by Crippen LogP contribution is 2.27. The molecule has 0 unspecified atom stereocenters. The van der Waals surface area contributed by atoms with Crippen molar-refractivity contribution in [2.24, 2.45) is 5.92 Å². The zero-order chi connectivity index (χ0) is 17.5. The van der Waals surface area contributed by atoms with E-state index >= 15 is 0 Å².